The molecule has 2 aromatic rings. The second kappa shape index (κ2) is 5.41. The highest BCUT2D eigenvalue weighted by atomic mass is 16.3. The minimum Gasteiger partial charge on any atom is -0.384 e. The van der Waals surface area contributed by atoms with Crippen LogP contribution in [-0.2, 0) is 0 Å². The van der Waals surface area contributed by atoms with Gasteiger partial charge >= 0.3 is 0 Å². The topological polar surface area (TPSA) is 20.2 Å². The summed E-state index contributed by atoms with van der Waals surface area (Å²) in [7, 11) is 0. The first kappa shape index (κ1) is 13.4. The summed E-state index contributed by atoms with van der Waals surface area (Å²) < 4.78 is 0. The molecule has 1 saturated carbocycles. The normalized spacial score (nSPS) is 16.8. The van der Waals surface area contributed by atoms with Crippen LogP contribution in [0.25, 0.3) is 0 Å². The van der Waals surface area contributed by atoms with Crippen LogP contribution < -0.4 is 0 Å². The van der Waals surface area contributed by atoms with Crippen molar-refractivity contribution in [2.45, 2.75) is 45.1 Å². The molecule has 1 unspecified atom stereocenters. The van der Waals surface area contributed by atoms with E-state index in [1.165, 1.54) is 36.0 Å². The van der Waals surface area contributed by atoms with Gasteiger partial charge in [-0.05, 0) is 54.9 Å². The number of rotatable bonds is 3. The van der Waals surface area contributed by atoms with Crippen LogP contribution in [0.5, 0.6) is 0 Å². The summed E-state index contributed by atoms with van der Waals surface area (Å²) in [4.78, 5) is 0. The second-order valence-corrected chi connectivity index (χ2v) is 6.02. The third kappa shape index (κ3) is 2.38. The lowest BCUT2D eigenvalue weighted by molar-refractivity contribution is 0.216. The maximum Gasteiger partial charge on any atom is 0.105 e. The molecule has 2 aromatic carbocycles. The third-order valence-corrected chi connectivity index (χ3v) is 4.56. The van der Waals surface area contributed by atoms with E-state index < -0.39 is 6.10 Å². The fourth-order valence-corrected chi connectivity index (χ4v) is 3.15. The van der Waals surface area contributed by atoms with Crippen LogP contribution in [0.3, 0.4) is 0 Å². The zero-order valence-electron chi connectivity index (χ0n) is 12.3. The van der Waals surface area contributed by atoms with Crippen LogP contribution in [-0.4, -0.2) is 5.11 Å². The largest absolute Gasteiger partial charge is 0.384 e. The molecule has 0 spiro atoms. The summed E-state index contributed by atoms with van der Waals surface area (Å²) >= 11 is 0. The fraction of sp³-hybridized carbons (Fsp3) is 0.368. The van der Waals surface area contributed by atoms with Gasteiger partial charge in [-0.15, -0.1) is 0 Å². The molecule has 0 heterocycles. The van der Waals surface area contributed by atoms with Gasteiger partial charge in [-0.2, -0.15) is 0 Å². The van der Waals surface area contributed by atoms with Gasteiger partial charge in [-0.3, -0.25) is 0 Å². The van der Waals surface area contributed by atoms with Crippen LogP contribution in [0.2, 0.25) is 0 Å². The molecule has 3 rings (SSSR count). The molecular weight excluding hydrogens is 244 g/mol. The molecule has 1 aliphatic carbocycles. The molecule has 1 atom stereocenters. The Labute approximate surface area is 121 Å². The van der Waals surface area contributed by atoms with E-state index in [0.717, 1.165) is 11.1 Å². The van der Waals surface area contributed by atoms with E-state index in [-0.39, 0.29) is 0 Å². The molecule has 1 nitrogen and oxygen atoms in total. The zero-order chi connectivity index (χ0) is 14.1. The van der Waals surface area contributed by atoms with Crippen molar-refractivity contribution in [1.82, 2.24) is 0 Å². The van der Waals surface area contributed by atoms with Crippen LogP contribution >= 0.6 is 0 Å². The van der Waals surface area contributed by atoms with E-state index in [4.69, 9.17) is 0 Å². The minimum absolute atomic E-state index is 0.507. The summed E-state index contributed by atoms with van der Waals surface area (Å²) in [5.74, 6) is 0.645. The Kier molecular flexibility index (Phi) is 3.62. The summed E-state index contributed by atoms with van der Waals surface area (Å²) in [5.41, 5.74) is 5.87. The maximum absolute atomic E-state index is 10.8. The fourth-order valence-electron chi connectivity index (χ4n) is 3.15. The molecule has 1 fully saturated rings. The lowest BCUT2D eigenvalue weighted by atomic mass is 9.76. The van der Waals surface area contributed by atoms with Gasteiger partial charge in [0.25, 0.3) is 0 Å². The highest BCUT2D eigenvalue weighted by Gasteiger charge is 2.25. The Morgan fingerprint density at radius 2 is 1.75 bits per heavy atom. The van der Waals surface area contributed by atoms with Gasteiger partial charge in [0.1, 0.15) is 6.10 Å². The summed E-state index contributed by atoms with van der Waals surface area (Å²) in [5, 5.41) is 10.8. The molecule has 0 saturated heterocycles. The smallest absolute Gasteiger partial charge is 0.105 e. The number of aryl methyl sites for hydroxylation is 2. The average molecular weight is 266 g/mol. The average Bonchev–Trinajstić information content (AvgIpc) is 2.37. The Hall–Kier alpha value is -1.60. The van der Waals surface area contributed by atoms with Crippen molar-refractivity contribution in [3.05, 3.63) is 70.3 Å². The van der Waals surface area contributed by atoms with Crippen molar-refractivity contribution >= 4 is 0 Å². The molecule has 20 heavy (non-hydrogen) atoms. The molecule has 1 N–H and O–H groups in total. The molecular formula is C19H22O. The van der Waals surface area contributed by atoms with Crippen molar-refractivity contribution < 1.29 is 5.11 Å². The first-order chi connectivity index (χ1) is 9.66. The van der Waals surface area contributed by atoms with Gasteiger partial charge in [0, 0.05) is 0 Å². The number of aliphatic hydroxyl groups excluding tert-OH is 1. The number of benzene rings is 2. The predicted octanol–water partition coefficient (Wildman–Crippen LogP) is 4.65. The Morgan fingerprint density at radius 1 is 1.00 bits per heavy atom. The van der Waals surface area contributed by atoms with Gasteiger partial charge in [-0.1, -0.05) is 54.4 Å². The molecule has 0 amide bonds. The van der Waals surface area contributed by atoms with Crippen molar-refractivity contribution in [3.63, 3.8) is 0 Å². The molecule has 104 valence electrons. The minimum atomic E-state index is -0.507. The summed E-state index contributed by atoms with van der Waals surface area (Å²) in [6.45, 7) is 4.17. The molecule has 1 heteroatoms. The van der Waals surface area contributed by atoms with Gasteiger partial charge < -0.3 is 5.11 Å². The van der Waals surface area contributed by atoms with Crippen LogP contribution in [0.4, 0.5) is 0 Å². The standard InChI is InChI=1S/C19H22O/c1-13-10-11-16(14(2)12-13)19(20)18-9-4-3-8-17(18)15-6-5-7-15/h3-4,8-12,15,19-20H,5-7H2,1-2H3. The Bertz CT molecular complexity index is 611. The van der Waals surface area contributed by atoms with Gasteiger partial charge in [-0.25, -0.2) is 0 Å². The number of aliphatic hydroxyl groups is 1. The molecule has 0 radical (unpaired) electrons. The zero-order valence-corrected chi connectivity index (χ0v) is 12.3. The van der Waals surface area contributed by atoms with Crippen LogP contribution in [0.1, 0.15) is 59.1 Å². The van der Waals surface area contributed by atoms with Gasteiger partial charge in [0.2, 0.25) is 0 Å². The molecule has 0 aliphatic heterocycles. The number of hydrogen-bond donors (Lipinski definition) is 1. The summed E-state index contributed by atoms with van der Waals surface area (Å²) in [6, 6.07) is 14.7. The van der Waals surface area contributed by atoms with Crippen molar-refractivity contribution in [1.29, 1.82) is 0 Å². The SMILES string of the molecule is Cc1ccc(C(O)c2ccccc2C2CCC2)c(C)c1. The van der Waals surface area contributed by atoms with E-state index in [1.54, 1.807) is 0 Å². The quantitative estimate of drug-likeness (QED) is 0.857. The first-order valence-electron chi connectivity index (χ1n) is 7.51. The van der Waals surface area contributed by atoms with Crippen LogP contribution in [0, 0.1) is 13.8 Å². The molecule has 1 aliphatic rings. The van der Waals surface area contributed by atoms with E-state index in [1.807, 2.05) is 6.07 Å². The van der Waals surface area contributed by atoms with Crippen molar-refractivity contribution in [2.75, 3.05) is 0 Å². The van der Waals surface area contributed by atoms with Gasteiger partial charge in [0.05, 0.1) is 0 Å². The van der Waals surface area contributed by atoms with Crippen molar-refractivity contribution in [2.24, 2.45) is 0 Å². The molecule has 0 bridgehead atoms. The lowest BCUT2D eigenvalue weighted by Gasteiger charge is -2.29. The maximum atomic E-state index is 10.8. The first-order valence-corrected chi connectivity index (χ1v) is 7.51. The monoisotopic (exact) mass is 266 g/mol. The third-order valence-electron chi connectivity index (χ3n) is 4.56. The lowest BCUT2D eigenvalue weighted by Crippen LogP contribution is -2.14. The van der Waals surface area contributed by atoms with Gasteiger partial charge in [0.15, 0.2) is 0 Å². The Balaban J connectivity index is 1.99. The predicted molar refractivity (Wildman–Crippen MR) is 83.0 cm³/mol. The highest BCUT2D eigenvalue weighted by molar-refractivity contribution is 5.42. The van der Waals surface area contributed by atoms with E-state index in [0.29, 0.717) is 5.92 Å². The highest BCUT2D eigenvalue weighted by Crippen LogP contribution is 2.40. The summed E-state index contributed by atoms with van der Waals surface area (Å²) in [6.07, 6.45) is 3.33. The van der Waals surface area contributed by atoms with Crippen LogP contribution in [0.15, 0.2) is 42.5 Å². The van der Waals surface area contributed by atoms with E-state index >= 15 is 0 Å². The second-order valence-electron chi connectivity index (χ2n) is 6.02. The van der Waals surface area contributed by atoms with E-state index in [9.17, 15) is 5.11 Å². The van der Waals surface area contributed by atoms with Crippen molar-refractivity contribution in [3.8, 4) is 0 Å². The van der Waals surface area contributed by atoms with E-state index in [2.05, 4.69) is 50.2 Å². The number of hydrogen-bond acceptors (Lipinski definition) is 1. The Morgan fingerprint density at radius 3 is 2.40 bits per heavy atom. The molecule has 0 aromatic heterocycles.